The largest absolute Gasteiger partial charge is 0.494 e. The Morgan fingerprint density at radius 3 is 2.68 bits per heavy atom. The van der Waals surface area contributed by atoms with Crippen molar-refractivity contribution < 1.29 is 9.47 Å². The Balaban J connectivity index is 1.26. The van der Waals surface area contributed by atoms with Crippen LogP contribution in [0.15, 0.2) is 72.8 Å². The van der Waals surface area contributed by atoms with Crippen LogP contribution >= 0.6 is 0 Å². The molecule has 0 saturated heterocycles. The van der Waals surface area contributed by atoms with E-state index in [1.165, 1.54) is 22.3 Å². The number of ether oxygens (including phenoxy) is 2. The summed E-state index contributed by atoms with van der Waals surface area (Å²) in [4.78, 5) is 0. The summed E-state index contributed by atoms with van der Waals surface area (Å²) in [6, 6.07) is 25.5. The highest BCUT2D eigenvalue weighted by molar-refractivity contribution is 5.49. The standard InChI is InChI=1S/C25H27NO2/c1-2-6-20(7-3-1)9-5-14-28-25-10-4-8-21(16-25)18-26-24-12-11-22-13-15-27-19-23(22)17-24/h1-4,6-8,10-12,16-17,26H,5,9,13-15,18-19H2. The van der Waals surface area contributed by atoms with Crippen LogP contribution in [-0.4, -0.2) is 13.2 Å². The predicted octanol–water partition coefficient (Wildman–Crippen LogP) is 5.38. The Morgan fingerprint density at radius 2 is 1.75 bits per heavy atom. The van der Waals surface area contributed by atoms with Crippen molar-refractivity contribution in [3.8, 4) is 5.75 Å². The molecule has 0 radical (unpaired) electrons. The fourth-order valence-electron chi connectivity index (χ4n) is 3.54. The number of hydrogen-bond donors (Lipinski definition) is 1. The zero-order chi connectivity index (χ0) is 19.0. The van der Waals surface area contributed by atoms with Crippen LogP contribution in [0, 0.1) is 0 Å². The number of hydrogen-bond acceptors (Lipinski definition) is 3. The zero-order valence-corrected chi connectivity index (χ0v) is 16.2. The molecule has 3 aromatic rings. The SMILES string of the molecule is c1ccc(CCCOc2cccc(CNc3ccc4c(c3)COCC4)c2)cc1. The highest BCUT2D eigenvalue weighted by Crippen LogP contribution is 2.22. The van der Waals surface area contributed by atoms with Gasteiger partial charge in [0.05, 0.1) is 19.8 Å². The van der Waals surface area contributed by atoms with Gasteiger partial charge in [-0.15, -0.1) is 0 Å². The van der Waals surface area contributed by atoms with Gasteiger partial charge in [-0.25, -0.2) is 0 Å². The highest BCUT2D eigenvalue weighted by Gasteiger charge is 2.09. The van der Waals surface area contributed by atoms with E-state index in [1.807, 2.05) is 6.07 Å². The summed E-state index contributed by atoms with van der Waals surface area (Å²) < 4.78 is 11.5. The molecule has 0 amide bonds. The second kappa shape index (κ2) is 9.43. The Bertz CT molecular complexity index is 892. The van der Waals surface area contributed by atoms with Crippen LogP contribution in [0.5, 0.6) is 5.75 Å². The van der Waals surface area contributed by atoms with Crippen LogP contribution in [-0.2, 0) is 30.7 Å². The first-order valence-corrected chi connectivity index (χ1v) is 10.1. The van der Waals surface area contributed by atoms with Gasteiger partial charge in [-0.1, -0.05) is 48.5 Å². The number of nitrogens with one attached hydrogen (secondary N) is 1. The summed E-state index contributed by atoms with van der Waals surface area (Å²) in [5.41, 5.74) is 6.42. The van der Waals surface area contributed by atoms with Crippen molar-refractivity contribution in [2.75, 3.05) is 18.5 Å². The van der Waals surface area contributed by atoms with Crippen molar-refractivity contribution in [3.05, 3.63) is 95.1 Å². The zero-order valence-electron chi connectivity index (χ0n) is 16.2. The lowest BCUT2D eigenvalue weighted by atomic mass is 10.0. The maximum absolute atomic E-state index is 5.95. The van der Waals surface area contributed by atoms with Gasteiger partial charge in [0.1, 0.15) is 5.75 Å². The van der Waals surface area contributed by atoms with E-state index in [0.29, 0.717) is 0 Å². The molecule has 0 atom stereocenters. The normalized spacial score (nSPS) is 13.0. The second-order valence-electron chi connectivity index (χ2n) is 7.22. The van der Waals surface area contributed by atoms with Gasteiger partial charge in [-0.3, -0.25) is 0 Å². The minimum Gasteiger partial charge on any atom is -0.494 e. The number of benzene rings is 3. The molecule has 0 unspecified atom stereocenters. The lowest BCUT2D eigenvalue weighted by Crippen LogP contribution is -2.10. The third-order valence-electron chi connectivity index (χ3n) is 5.10. The molecule has 0 aromatic heterocycles. The van der Waals surface area contributed by atoms with Crippen molar-refractivity contribution in [1.82, 2.24) is 0 Å². The fraction of sp³-hybridized carbons (Fsp3) is 0.280. The van der Waals surface area contributed by atoms with Gasteiger partial charge < -0.3 is 14.8 Å². The van der Waals surface area contributed by atoms with E-state index in [2.05, 4.69) is 72.0 Å². The van der Waals surface area contributed by atoms with E-state index in [9.17, 15) is 0 Å². The molecule has 0 saturated carbocycles. The number of fused-ring (bicyclic) bond motifs is 1. The molecule has 1 heterocycles. The molecule has 144 valence electrons. The lowest BCUT2D eigenvalue weighted by Gasteiger charge is -2.18. The van der Waals surface area contributed by atoms with Crippen LogP contribution in [0.1, 0.15) is 28.7 Å². The number of aryl methyl sites for hydroxylation is 1. The van der Waals surface area contributed by atoms with E-state index in [0.717, 1.165) is 57.1 Å². The van der Waals surface area contributed by atoms with Gasteiger partial charge in [0.15, 0.2) is 0 Å². The average molecular weight is 373 g/mol. The molecular formula is C25H27NO2. The lowest BCUT2D eigenvalue weighted by molar-refractivity contribution is 0.111. The van der Waals surface area contributed by atoms with E-state index in [4.69, 9.17) is 9.47 Å². The topological polar surface area (TPSA) is 30.5 Å². The maximum Gasteiger partial charge on any atom is 0.119 e. The molecule has 4 rings (SSSR count). The summed E-state index contributed by atoms with van der Waals surface area (Å²) in [6.45, 7) is 3.06. The molecule has 0 spiro atoms. The molecule has 3 aromatic carbocycles. The molecule has 1 aliphatic heterocycles. The Hall–Kier alpha value is -2.78. The van der Waals surface area contributed by atoms with Crippen LogP contribution in [0.3, 0.4) is 0 Å². The Kier molecular flexibility index (Phi) is 6.25. The van der Waals surface area contributed by atoms with E-state index in [1.54, 1.807) is 0 Å². The first kappa shape index (κ1) is 18.6. The minimum absolute atomic E-state index is 0.719. The maximum atomic E-state index is 5.95. The summed E-state index contributed by atoms with van der Waals surface area (Å²) in [5.74, 6) is 0.936. The number of rotatable bonds is 8. The van der Waals surface area contributed by atoms with E-state index < -0.39 is 0 Å². The Morgan fingerprint density at radius 1 is 0.857 bits per heavy atom. The molecule has 1 N–H and O–H groups in total. The van der Waals surface area contributed by atoms with Crippen molar-refractivity contribution in [1.29, 1.82) is 0 Å². The first-order valence-electron chi connectivity index (χ1n) is 10.1. The molecule has 3 nitrogen and oxygen atoms in total. The third kappa shape index (κ3) is 5.14. The van der Waals surface area contributed by atoms with Crippen LogP contribution in [0.4, 0.5) is 5.69 Å². The van der Waals surface area contributed by atoms with E-state index >= 15 is 0 Å². The van der Waals surface area contributed by atoms with Crippen molar-refractivity contribution >= 4 is 5.69 Å². The van der Waals surface area contributed by atoms with Gasteiger partial charge in [0.2, 0.25) is 0 Å². The molecule has 1 aliphatic rings. The molecule has 0 bridgehead atoms. The molecule has 0 aliphatic carbocycles. The van der Waals surface area contributed by atoms with Crippen LogP contribution < -0.4 is 10.1 Å². The van der Waals surface area contributed by atoms with Crippen LogP contribution in [0.25, 0.3) is 0 Å². The van der Waals surface area contributed by atoms with Crippen molar-refractivity contribution in [2.45, 2.75) is 32.4 Å². The first-order chi connectivity index (χ1) is 13.9. The summed E-state index contributed by atoms with van der Waals surface area (Å²) in [5, 5.41) is 3.52. The Labute approximate surface area is 167 Å². The fourth-order valence-corrected chi connectivity index (χ4v) is 3.54. The van der Waals surface area contributed by atoms with Gasteiger partial charge in [0.25, 0.3) is 0 Å². The van der Waals surface area contributed by atoms with Crippen molar-refractivity contribution in [3.63, 3.8) is 0 Å². The smallest absolute Gasteiger partial charge is 0.119 e. The van der Waals surface area contributed by atoms with Gasteiger partial charge in [-0.05, 0) is 65.8 Å². The molecule has 3 heteroatoms. The van der Waals surface area contributed by atoms with Crippen LogP contribution in [0.2, 0.25) is 0 Å². The minimum atomic E-state index is 0.719. The van der Waals surface area contributed by atoms with Gasteiger partial charge in [0, 0.05) is 12.2 Å². The third-order valence-corrected chi connectivity index (χ3v) is 5.10. The molecule has 28 heavy (non-hydrogen) atoms. The molecular weight excluding hydrogens is 346 g/mol. The van der Waals surface area contributed by atoms with Gasteiger partial charge >= 0.3 is 0 Å². The number of anilines is 1. The average Bonchev–Trinajstić information content (AvgIpc) is 2.76. The van der Waals surface area contributed by atoms with E-state index in [-0.39, 0.29) is 0 Å². The quantitative estimate of drug-likeness (QED) is 0.538. The summed E-state index contributed by atoms with van der Waals surface area (Å²) in [6.07, 6.45) is 3.08. The summed E-state index contributed by atoms with van der Waals surface area (Å²) >= 11 is 0. The monoisotopic (exact) mass is 373 g/mol. The highest BCUT2D eigenvalue weighted by atomic mass is 16.5. The van der Waals surface area contributed by atoms with Gasteiger partial charge in [-0.2, -0.15) is 0 Å². The van der Waals surface area contributed by atoms with Crippen molar-refractivity contribution in [2.24, 2.45) is 0 Å². The predicted molar refractivity (Wildman–Crippen MR) is 114 cm³/mol. The summed E-state index contributed by atoms with van der Waals surface area (Å²) in [7, 11) is 0. The second-order valence-corrected chi connectivity index (χ2v) is 7.22. The molecule has 0 fully saturated rings.